The molecule has 0 spiro atoms. The number of ether oxygens (including phenoxy) is 2. The van der Waals surface area contributed by atoms with Gasteiger partial charge in [-0.1, -0.05) is 18.2 Å². The van der Waals surface area contributed by atoms with Crippen LogP contribution in [0.2, 0.25) is 0 Å². The van der Waals surface area contributed by atoms with E-state index in [2.05, 4.69) is 23.5 Å². The fourth-order valence-corrected chi connectivity index (χ4v) is 4.23. The van der Waals surface area contributed by atoms with E-state index in [4.69, 9.17) is 14.7 Å². The molecule has 0 aliphatic heterocycles. The molecule has 0 aromatic heterocycles. The molecular weight excluding hydrogens is 414 g/mol. The Kier molecular flexibility index (Phi) is 7.99. The monoisotopic (exact) mass is 449 g/mol. The average molecular weight is 450 g/mol. The second-order valence-corrected chi connectivity index (χ2v) is 9.70. The Morgan fingerprint density at radius 1 is 1.12 bits per heavy atom. The zero-order chi connectivity index (χ0) is 24.0. The second-order valence-electron chi connectivity index (χ2n) is 9.70. The van der Waals surface area contributed by atoms with Gasteiger partial charge < -0.3 is 19.7 Å². The molecular formula is C27H35N3O3. The Hall–Kier alpha value is -3.04. The third-order valence-corrected chi connectivity index (χ3v) is 6.11. The van der Waals surface area contributed by atoms with Crippen molar-refractivity contribution in [1.29, 1.82) is 5.26 Å². The molecule has 176 valence electrons. The van der Waals surface area contributed by atoms with Gasteiger partial charge in [0.25, 0.3) is 0 Å². The molecule has 1 aliphatic rings. The third-order valence-electron chi connectivity index (χ3n) is 6.11. The van der Waals surface area contributed by atoms with Gasteiger partial charge >= 0.3 is 6.09 Å². The lowest BCUT2D eigenvalue weighted by Crippen LogP contribution is -2.44. The van der Waals surface area contributed by atoms with Gasteiger partial charge in [-0.05, 0) is 81.8 Å². The predicted octanol–water partition coefficient (Wildman–Crippen LogP) is 5.50. The summed E-state index contributed by atoms with van der Waals surface area (Å²) in [5.74, 6) is 0.814. The van der Waals surface area contributed by atoms with Crippen molar-refractivity contribution in [3.05, 3.63) is 53.6 Å². The van der Waals surface area contributed by atoms with Crippen molar-refractivity contribution in [1.82, 2.24) is 10.2 Å². The summed E-state index contributed by atoms with van der Waals surface area (Å²) in [4.78, 5) is 14.1. The first-order valence-electron chi connectivity index (χ1n) is 11.6. The minimum Gasteiger partial charge on any atom is -0.496 e. The fourth-order valence-electron chi connectivity index (χ4n) is 4.23. The Morgan fingerprint density at radius 2 is 1.79 bits per heavy atom. The number of nitrogens with one attached hydrogen (secondary N) is 1. The molecule has 0 saturated heterocycles. The summed E-state index contributed by atoms with van der Waals surface area (Å²) in [6.07, 6.45) is 3.73. The maximum atomic E-state index is 12.3. The van der Waals surface area contributed by atoms with Crippen LogP contribution in [0.4, 0.5) is 4.79 Å². The topological polar surface area (TPSA) is 74.6 Å². The van der Waals surface area contributed by atoms with E-state index in [1.807, 2.05) is 58.2 Å². The van der Waals surface area contributed by atoms with Crippen molar-refractivity contribution in [2.75, 3.05) is 14.2 Å². The van der Waals surface area contributed by atoms with E-state index >= 15 is 0 Å². The van der Waals surface area contributed by atoms with Gasteiger partial charge in [0, 0.05) is 31.2 Å². The summed E-state index contributed by atoms with van der Waals surface area (Å²) in [5, 5.41) is 12.7. The largest absolute Gasteiger partial charge is 0.496 e. The number of rotatable bonds is 6. The highest BCUT2D eigenvalue weighted by molar-refractivity contribution is 5.71. The molecule has 2 aromatic carbocycles. The van der Waals surface area contributed by atoms with Gasteiger partial charge in [0.2, 0.25) is 0 Å². The van der Waals surface area contributed by atoms with Crippen LogP contribution in [0.15, 0.2) is 42.5 Å². The number of carbonyl (C=O) groups excluding carboxylic acids is 1. The predicted molar refractivity (Wildman–Crippen MR) is 130 cm³/mol. The Morgan fingerprint density at radius 3 is 2.36 bits per heavy atom. The van der Waals surface area contributed by atoms with Crippen LogP contribution in [0.3, 0.4) is 0 Å². The van der Waals surface area contributed by atoms with Crippen LogP contribution in [0.5, 0.6) is 5.75 Å². The van der Waals surface area contributed by atoms with Gasteiger partial charge in [0.1, 0.15) is 11.4 Å². The van der Waals surface area contributed by atoms with Crippen LogP contribution >= 0.6 is 0 Å². The third kappa shape index (κ3) is 6.72. The SMILES string of the molecule is COc1ccc(CNC2CCC(N(C)C(=O)OC(C)(C)C)CC2)cc1-c1ccc(C#N)cc1. The Bertz CT molecular complexity index is 981. The number of carbonyl (C=O) groups is 1. The quantitative estimate of drug-likeness (QED) is 0.630. The molecule has 1 N–H and O–H groups in total. The summed E-state index contributed by atoms with van der Waals surface area (Å²) in [5.41, 5.74) is 3.40. The van der Waals surface area contributed by atoms with Crippen LogP contribution in [-0.4, -0.2) is 42.8 Å². The lowest BCUT2D eigenvalue weighted by molar-refractivity contribution is 0.0179. The van der Waals surface area contributed by atoms with E-state index in [9.17, 15) is 4.79 Å². The fraction of sp³-hybridized carbons (Fsp3) is 0.481. The van der Waals surface area contributed by atoms with E-state index in [-0.39, 0.29) is 12.1 Å². The number of methoxy groups -OCH3 is 1. The first-order valence-corrected chi connectivity index (χ1v) is 11.6. The summed E-state index contributed by atoms with van der Waals surface area (Å²) >= 11 is 0. The molecule has 0 radical (unpaired) electrons. The van der Waals surface area contributed by atoms with Crippen molar-refractivity contribution >= 4 is 6.09 Å². The number of nitriles is 1. The minimum absolute atomic E-state index is 0.224. The number of amides is 1. The molecule has 6 heteroatoms. The molecule has 6 nitrogen and oxygen atoms in total. The first kappa shape index (κ1) is 24.6. The minimum atomic E-state index is -0.473. The van der Waals surface area contributed by atoms with Crippen LogP contribution < -0.4 is 10.1 Å². The number of hydrogen-bond donors (Lipinski definition) is 1. The van der Waals surface area contributed by atoms with Gasteiger partial charge in [0.05, 0.1) is 18.7 Å². The highest BCUT2D eigenvalue weighted by Gasteiger charge is 2.29. The molecule has 0 bridgehead atoms. The normalized spacial score (nSPS) is 18.3. The highest BCUT2D eigenvalue weighted by atomic mass is 16.6. The maximum Gasteiger partial charge on any atom is 0.410 e. The van der Waals surface area contributed by atoms with Crippen molar-refractivity contribution < 1.29 is 14.3 Å². The number of nitrogens with zero attached hydrogens (tertiary/aromatic N) is 2. The summed E-state index contributed by atoms with van der Waals surface area (Å²) in [6.45, 7) is 6.45. The van der Waals surface area contributed by atoms with Crippen LogP contribution in [0.1, 0.15) is 57.6 Å². The summed E-state index contributed by atoms with van der Waals surface area (Å²) in [6, 6.07) is 16.6. The van der Waals surface area contributed by atoms with Crippen molar-refractivity contribution in [3.63, 3.8) is 0 Å². The average Bonchev–Trinajstić information content (AvgIpc) is 2.81. The molecule has 0 heterocycles. The van der Waals surface area contributed by atoms with Crippen molar-refractivity contribution in [3.8, 4) is 22.9 Å². The second kappa shape index (κ2) is 10.7. The van der Waals surface area contributed by atoms with Crippen molar-refractivity contribution in [2.24, 2.45) is 0 Å². The van der Waals surface area contributed by atoms with E-state index in [0.717, 1.165) is 49.1 Å². The molecule has 33 heavy (non-hydrogen) atoms. The number of hydrogen-bond acceptors (Lipinski definition) is 5. The smallest absolute Gasteiger partial charge is 0.410 e. The van der Waals surface area contributed by atoms with Gasteiger partial charge in [-0.2, -0.15) is 5.26 Å². The van der Waals surface area contributed by atoms with E-state index < -0.39 is 5.60 Å². The first-order chi connectivity index (χ1) is 15.7. The van der Waals surface area contributed by atoms with E-state index in [1.165, 1.54) is 5.56 Å². The molecule has 1 saturated carbocycles. The Labute approximate surface area is 197 Å². The van der Waals surface area contributed by atoms with Gasteiger partial charge in [-0.3, -0.25) is 0 Å². The lowest BCUT2D eigenvalue weighted by atomic mass is 9.90. The lowest BCUT2D eigenvalue weighted by Gasteiger charge is -2.35. The van der Waals surface area contributed by atoms with E-state index in [0.29, 0.717) is 11.6 Å². The van der Waals surface area contributed by atoms with Crippen LogP contribution in [-0.2, 0) is 11.3 Å². The molecule has 1 amide bonds. The zero-order valence-corrected chi connectivity index (χ0v) is 20.4. The zero-order valence-electron chi connectivity index (χ0n) is 20.4. The molecule has 0 atom stereocenters. The molecule has 2 aromatic rings. The van der Waals surface area contributed by atoms with Gasteiger partial charge in [0.15, 0.2) is 0 Å². The Balaban J connectivity index is 1.56. The van der Waals surface area contributed by atoms with Gasteiger partial charge in [-0.15, -0.1) is 0 Å². The summed E-state index contributed by atoms with van der Waals surface area (Å²) in [7, 11) is 3.52. The maximum absolute atomic E-state index is 12.3. The molecule has 0 unspecified atom stereocenters. The highest BCUT2D eigenvalue weighted by Crippen LogP contribution is 2.31. The van der Waals surface area contributed by atoms with E-state index in [1.54, 1.807) is 12.0 Å². The molecule has 1 aliphatic carbocycles. The molecule has 3 rings (SSSR count). The van der Waals surface area contributed by atoms with Gasteiger partial charge in [-0.25, -0.2) is 4.79 Å². The van der Waals surface area contributed by atoms with Crippen LogP contribution in [0, 0.1) is 11.3 Å². The standard InChI is InChI=1S/C27H35N3O3/c1-27(2,3)33-26(31)30(4)23-13-11-22(12-14-23)29-18-20-8-15-25(32-5)24(16-20)21-9-6-19(17-28)7-10-21/h6-10,15-16,22-23,29H,11-14,18H2,1-5H3. The van der Waals surface area contributed by atoms with Crippen molar-refractivity contribution in [2.45, 2.75) is 70.7 Å². The molecule has 1 fully saturated rings. The number of benzene rings is 2. The summed E-state index contributed by atoms with van der Waals surface area (Å²) < 4.78 is 11.1. The van der Waals surface area contributed by atoms with Crippen LogP contribution in [0.25, 0.3) is 11.1 Å².